The second-order valence-corrected chi connectivity index (χ2v) is 6.63. The molecule has 2 atom stereocenters. The third-order valence-corrected chi connectivity index (χ3v) is 3.65. The molecule has 118 valence electrons. The van der Waals surface area contributed by atoms with Gasteiger partial charge in [0.05, 0.1) is 17.9 Å². The number of ether oxygens (including phenoxy) is 1. The van der Waals surface area contributed by atoms with Crippen LogP contribution in [0.4, 0.5) is 0 Å². The molecule has 1 aliphatic heterocycles. The summed E-state index contributed by atoms with van der Waals surface area (Å²) in [6, 6.07) is 4.33. The Morgan fingerprint density at radius 2 is 2.00 bits per heavy atom. The van der Waals surface area contributed by atoms with Gasteiger partial charge in [0, 0.05) is 32.4 Å². The Hall–Kier alpha value is -0.970. The van der Waals surface area contributed by atoms with E-state index in [1.165, 1.54) is 5.56 Å². The average molecular weight is 291 g/mol. The molecular formula is C17H29N3O. The smallest absolute Gasteiger partial charge is 0.0678 e. The molecular weight excluding hydrogens is 262 g/mol. The number of morpholine rings is 1. The van der Waals surface area contributed by atoms with Crippen molar-refractivity contribution in [2.75, 3.05) is 19.6 Å². The highest BCUT2D eigenvalue weighted by molar-refractivity contribution is 5.14. The van der Waals surface area contributed by atoms with Gasteiger partial charge in [-0.2, -0.15) is 0 Å². The van der Waals surface area contributed by atoms with Gasteiger partial charge in [-0.1, -0.05) is 19.9 Å². The number of nitrogens with one attached hydrogen (secondary N) is 1. The summed E-state index contributed by atoms with van der Waals surface area (Å²) >= 11 is 0. The van der Waals surface area contributed by atoms with Crippen molar-refractivity contribution >= 4 is 0 Å². The van der Waals surface area contributed by atoms with Gasteiger partial charge in [0.2, 0.25) is 0 Å². The topological polar surface area (TPSA) is 37.4 Å². The van der Waals surface area contributed by atoms with Gasteiger partial charge in [-0.05, 0) is 37.9 Å². The van der Waals surface area contributed by atoms with Gasteiger partial charge in [0.15, 0.2) is 0 Å². The number of rotatable bonds is 6. The van der Waals surface area contributed by atoms with Crippen LogP contribution in [0, 0.1) is 5.92 Å². The van der Waals surface area contributed by atoms with Crippen molar-refractivity contribution in [3.63, 3.8) is 0 Å². The van der Waals surface area contributed by atoms with Crippen molar-refractivity contribution in [1.82, 2.24) is 15.2 Å². The fourth-order valence-electron chi connectivity index (χ4n) is 2.80. The van der Waals surface area contributed by atoms with E-state index in [9.17, 15) is 0 Å². The Balaban J connectivity index is 1.81. The zero-order valence-electron chi connectivity index (χ0n) is 13.8. The van der Waals surface area contributed by atoms with Gasteiger partial charge in [0.25, 0.3) is 0 Å². The normalized spacial score (nSPS) is 23.7. The van der Waals surface area contributed by atoms with Gasteiger partial charge in [-0.3, -0.25) is 9.88 Å². The maximum atomic E-state index is 5.77. The molecule has 4 heteroatoms. The molecule has 1 aliphatic rings. The summed E-state index contributed by atoms with van der Waals surface area (Å²) in [5.74, 6) is 0.683. The first-order valence-electron chi connectivity index (χ1n) is 8.05. The summed E-state index contributed by atoms with van der Waals surface area (Å²) in [5, 5.41) is 3.45. The highest BCUT2D eigenvalue weighted by atomic mass is 16.5. The Labute approximate surface area is 128 Å². The summed E-state index contributed by atoms with van der Waals surface area (Å²) in [7, 11) is 0. The van der Waals surface area contributed by atoms with Crippen LogP contribution in [0.1, 0.15) is 39.0 Å². The van der Waals surface area contributed by atoms with Crippen LogP contribution < -0.4 is 5.32 Å². The molecule has 1 N–H and O–H groups in total. The van der Waals surface area contributed by atoms with Gasteiger partial charge in [-0.15, -0.1) is 0 Å². The zero-order valence-corrected chi connectivity index (χ0v) is 13.8. The molecule has 2 heterocycles. The largest absolute Gasteiger partial charge is 0.373 e. The highest BCUT2D eigenvalue weighted by Crippen LogP contribution is 2.13. The average Bonchev–Trinajstić information content (AvgIpc) is 2.39. The Morgan fingerprint density at radius 3 is 2.57 bits per heavy atom. The first-order chi connectivity index (χ1) is 10.0. The van der Waals surface area contributed by atoms with Crippen LogP contribution in [0.5, 0.6) is 0 Å². The van der Waals surface area contributed by atoms with E-state index in [1.54, 1.807) is 0 Å². The van der Waals surface area contributed by atoms with Crippen LogP contribution in [0.15, 0.2) is 18.3 Å². The van der Waals surface area contributed by atoms with Gasteiger partial charge in [0.1, 0.15) is 0 Å². The van der Waals surface area contributed by atoms with Crippen LogP contribution in [0.2, 0.25) is 0 Å². The Morgan fingerprint density at radius 1 is 1.29 bits per heavy atom. The SMILES string of the molecule is CC(C)CNCc1ccc(CN2CC(C)OC(C)C2)nc1. The molecule has 0 bridgehead atoms. The maximum absolute atomic E-state index is 5.77. The number of nitrogens with zero attached hydrogens (tertiary/aromatic N) is 2. The van der Waals surface area contributed by atoms with Crippen molar-refractivity contribution < 1.29 is 4.74 Å². The molecule has 0 radical (unpaired) electrons. The molecule has 0 aromatic carbocycles. The van der Waals surface area contributed by atoms with Crippen LogP contribution in [0.25, 0.3) is 0 Å². The first-order valence-corrected chi connectivity index (χ1v) is 8.05. The van der Waals surface area contributed by atoms with Gasteiger partial charge < -0.3 is 10.1 Å². The van der Waals surface area contributed by atoms with Crippen LogP contribution >= 0.6 is 0 Å². The summed E-state index contributed by atoms with van der Waals surface area (Å²) in [6.45, 7) is 13.6. The van der Waals surface area contributed by atoms with Crippen LogP contribution in [-0.4, -0.2) is 41.7 Å². The van der Waals surface area contributed by atoms with E-state index in [0.29, 0.717) is 18.1 Å². The molecule has 4 nitrogen and oxygen atoms in total. The minimum absolute atomic E-state index is 0.313. The molecule has 0 amide bonds. The van der Waals surface area contributed by atoms with E-state index in [4.69, 9.17) is 4.74 Å². The number of hydrogen-bond acceptors (Lipinski definition) is 4. The third kappa shape index (κ3) is 5.73. The zero-order chi connectivity index (χ0) is 15.2. The van der Waals surface area contributed by atoms with E-state index in [0.717, 1.165) is 38.4 Å². The number of pyridine rings is 1. The third-order valence-electron chi connectivity index (χ3n) is 3.65. The Bertz CT molecular complexity index is 409. The van der Waals surface area contributed by atoms with Crippen LogP contribution in [-0.2, 0) is 17.8 Å². The molecule has 1 saturated heterocycles. The van der Waals surface area contributed by atoms with E-state index in [-0.39, 0.29) is 0 Å². The first kappa shape index (κ1) is 16.4. The quantitative estimate of drug-likeness (QED) is 0.873. The summed E-state index contributed by atoms with van der Waals surface area (Å²) in [5.41, 5.74) is 2.40. The predicted molar refractivity (Wildman–Crippen MR) is 86.1 cm³/mol. The molecule has 21 heavy (non-hydrogen) atoms. The monoisotopic (exact) mass is 291 g/mol. The van der Waals surface area contributed by atoms with Crippen molar-refractivity contribution in [3.8, 4) is 0 Å². The number of hydrogen-bond donors (Lipinski definition) is 1. The maximum Gasteiger partial charge on any atom is 0.0678 e. The minimum atomic E-state index is 0.313. The van der Waals surface area contributed by atoms with Crippen molar-refractivity contribution in [2.24, 2.45) is 5.92 Å². The molecule has 0 saturated carbocycles. The molecule has 2 rings (SSSR count). The predicted octanol–water partition coefficient (Wildman–Crippen LogP) is 2.44. The molecule has 0 aliphatic carbocycles. The lowest BCUT2D eigenvalue weighted by atomic mass is 10.2. The lowest BCUT2D eigenvalue weighted by Gasteiger charge is -2.35. The standard InChI is InChI=1S/C17H29N3O/c1-13(2)7-18-8-16-5-6-17(19-9-16)12-20-10-14(3)21-15(4)11-20/h5-6,9,13-15,18H,7-8,10-12H2,1-4H3. The molecule has 1 fully saturated rings. The fraction of sp³-hybridized carbons (Fsp3) is 0.706. The van der Waals surface area contributed by atoms with E-state index >= 15 is 0 Å². The van der Waals surface area contributed by atoms with E-state index in [2.05, 4.69) is 55.0 Å². The lowest BCUT2D eigenvalue weighted by Crippen LogP contribution is -2.44. The van der Waals surface area contributed by atoms with E-state index < -0.39 is 0 Å². The summed E-state index contributed by atoms with van der Waals surface area (Å²) in [4.78, 5) is 7.03. The second-order valence-electron chi connectivity index (χ2n) is 6.63. The molecule has 0 spiro atoms. The second kappa shape index (κ2) is 7.87. The van der Waals surface area contributed by atoms with Crippen molar-refractivity contribution in [3.05, 3.63) is 29.6 Å². The van der Waals surface area contributed by atoms with Crippen molar-refractivity contribution in [2.45, 2.75) is 53.0 Å². The fourth-order valence-corrected chi connectivity index (χ4v) is 2.80. The summed E-state index contributed by atoms with van der Waals surface area (Å²) in [6.07, 6.45) is 2.62. The van der Waals surface area contributed by atoms with Crippen LogP contribution in [0.3, 0.4) is 0 Å². The van der Waals surface area contributed by atoms with Gasteiger partial charge >= 0.3 is 0 Å². The highest BCUT2D eigenvalue weighted by Gasteiger charge is 2.22. The molecule has 1 aromatic heterocycles. The van der Waals surface area contributed by atoms with E-state index in [1.807, 2.05) is 6.20 Å². The molecule has 1 aromatic rings. The summed E-state index contributed by atoms with van der Waals surface area (Å²) < 4.78 is 5.77. The molecule has 2 unspecified atom stereocenters. The number of aromatic nitrogens is 1. The van der Waals surface area contributed by atoms with Crippen molar-refractivity contribution in [1.29, 1.82) is 0 Å². The lowest BCUT2D eigenvalue weighted by molar-refractivity contribution is -0.0707. The van der Waals surface area contributed by atoms with Gasteiger partial charge in [-0.25, -0.2) is 0 Å². The minimum Gasteiger partial charge on any atom is -0.373 e. The Kier molecular flexibility index (Phi) is 6.15.